The molecule has 3 aliphatic heterocycles. The lowest BCUT2D eigenvalue weighted by Gasteiger charge is -2.32. The van der Waals surface area contributed by atoms with E-state index in [4.69, 9.17) is 37.9 Å². The fourth-order valence-electron chi connectivity index (χ4n) is 5.77. The second-order valence-corrected chi connectivity index (χ2v) is 11.0. The van der Waals surface area contributed by atoms with Crippen LogP contribution in [0, 0.1) is 5.92 Å². The number of ether oxygens (including phenoxy) is 8. The van der Waals surface area contributed by atoms with E-state index in [-0.39, 0.29) is 6.10 Å². The predicted octanol–water partition coefficient (Wildman–Crippen LogP) is 5.17. The average Bonchev–Trinajstić information content (AvgIpc) is 3.05. The molecule has 1 saturated heterocycles. The lowest BCUT2D eigenvalue weighted by Crippen LogP contribution is -2.36. The van der Waals surface area contributed by atoms with E-state index in [1.54, 1.807) is 24.3 Å². The number of piperidine rings is 1. The Kier molecular flexibility index (Phi) is 12.2. The molecule has 11 nitrogen and oxygen atoms in total. The van der Waals surface area contributed by atoms with Gasteiger partial charge in [0, 0.05) is 6.54 Å². The maximum absolute atomic E-state index is 13.4. The first-order chi connectivity index (χ1) is 21.4. The van der Waals surface area contributed by atoms with E-state index in [1.165, 1.54) is 35.5 Å². The molecular weight excluding hydrogens is 570 g/mol. The first kappa shape index (κ1) is 33.0. The zero-order valence-corrected chi connectivity index (χ0v) is 26.5. The lowest BCUT2D eigenvalue weighted by atomic mass is 9.92. The molecule has 0 spiro atoms. The van der Waals surface area contributed by atoms with Gasteiger partial charge in [0.05, 0.1) is 59.9 Å². The second-order valence-electron chi connectivity index (χ2n) is 11.0. The molecule has 0 aromatic heterocycles. The van der Waals surface area contributed by atoms with Crippen LogP contribution in [0.4, 0.5) is 0 Å². The van der Waals surface area contributed by atoms with Crippen molar-refractivity contribution in [3.05, 3.63) is 35.4 Å². The number of carbonyl (C=O) groups is 2. The van der Waals surface area contributed by atoms with E-state index in [2.05, 4.69) is 4.90 Å². The Bertz CT molecular complexity index is 1230. The van der Waals surface area contributed by atoms with Crippen LogP contribution in [0.3, 0.4) is 0 Å². The molecule has 2 aromatic carbocycles. The first-order valence-corrected chi connectivity index (χ1v) is 15.2. The Balaban J connectivity index is 1.53. The van der Waals surface area contributed by atoms with E-state index in [9.17, 15) is 9.59 Å². The topological polar surface area (TPSA) is 111 Å². The zero-order chi connectivity index (χ0) is 31.5. The minimum Gasteiger partial charge on any atom is -0.493 e. The minimum atomic E-state index is -0.468. The van der Waals surface area contributed by atoms with Crippen molar-refractivity contribution in [2.24, 2.45) is 5.92 Å². The first-order valence-electron chi connectivity index (χ1n) is 15.2. The Morgan fingerprint density at radius 2 is 1.30 bits per heavy atom. The van der Waals surface area contributed by atoms with Crippen LogP contribution in [-0.4, -0.2) is 91.3 Å². The Labute approximate surface area is 259 Å². The Hall–Kier alpha value is -3.86. The van der Waals surface area contributed by atoms with Crippen LogP contribution >= 0.6 is 0 Å². The fourth-order valence-corrected chi connectivity index (χ4v) is 5.77. The third-order valence-electron chi connectivity index (χ3n) is 8.25. The van der Waals surface area contributed by atoms with Crippen molar-refractivity contribution in [3.63, 3.8) is 0 Å². The van der Waals surface area contributed by atoms with Crippen LogP contribution in [0.15, 0.2) is 24.3 Å². The van der Waals surface area contributed by atoms with Gasteiger partial charge in [-0.15, -0.1) is 0 Å². The number of methoxy groups -OCH3 is 5. The third-order valence-corrected chi connectivity index (χ3v) is 8.25. The molecule has 11 heteroatoms. The number of hydrogen-bond donors (Lipinski definition) is 0. The number of benzene rings is 2. The summed E-state index contributed by atoms with van der Waals surface area (Å²) < 4.78 is 45.0. The van der Waals surface area contributed by atoms with Gasteiger partial charge in [-0.25, -0.2) is 9.59 Å². The molecule has 1 atom stereocenters. The van der Waals surface area contributed by atoms with Crippen LogP contribution in [0.2, 0.25) is 0 Å². The Morgan fingerprint density at radius 3 is 1.93 bits per heavy atom. The quantitative estimate of drug-likeness (QED) is 0.385. The smallest absolute Gasteiger partial charge is 0.338 e. The molecule has 4 bridgehead atoms. The summed E-state index contributed by atoms with van der Waals surface area (Å²) in [4.78, 5) is 28.7. The molecule has 242 valence electrons. The molecule has 0 amide bonds. The normalized spacial score (nSPS) is 21.4. The molecule has 1 unspecified atom stereocenters. The predicted molar refractivity (Wildman–Crippen MR) is 163 cm³/mol. The number of nitrogens with zero attached hydrogens (tertiary/aromatic N) is 1. The van der Waals surface area contributed by atoms with Crippen molar-refractivity contribution in [2.75, 3.05) is 68.4 Å². The molecule has 3 heterocycles. The minimum absolute atomic E-state index is 0.307. The highest BCUT2D eigenvalue weighted by Crippen LogP contribution is 2.40. The summed E-state index contributed by atoms with van der Waals surface area (Å²) in [5, 5.41) is 0. The van der Waals surface area contributed by atoms with Gasteiger partial charge in [0.2, 0.25) is 11.5 Å². The van der Waals surface area contributed by atoms with Gasteiger partial charge in [0.1, 0.15) is 6.10 Å². The third kappa shape index (κ3) is 8.40. The highest BCUT2D eigenvalue weighted by Gasteiger charge is 2.25. The summed E-state index contributed by atoms with van der Waals surface area (Å²) in [6, 6.07) is 6.41. The van der Waals surface area contributed by atoms with E-state index >= 15 is 0 Å². The van der Waals surface area contributed by atoms with Gasteiger partial charge in [-0.2, -0.15) is 0 Å². The molecule has 2 aromatic rings. The van der Waals surface area contributed by atoms with Gasteiger partial charge < -0.3 is 42.8 Å². The molecule has 0 aliphatic carbocycles. The van der Waals surface area contributed by atoms with Gasteiger partial charge in [-0.1, -0.05) is 0 Å². The lowest BCUT2D eigenvalue weighted by molar-refractivity contribution is 0.0208. The van der Waals surface area contributed by atoms with Crippen LogP contribution in [0.25, 0.3) is 0 Å². The average molecular weight is 616 g/mol. The van der Waals surface area contributed by atoms with E-state index in [1.807, 2.05) is 0 Å². The van der Waals surface area contributed by atoms with Crippen molar-refractivity contribution in [3.8, 4) is 34.5 Å². The highest BCUT2D eigenvalue weighted by molar-refractivity contribution is 5.92. The molecule has 1 fully saturated rings. The number of carbonyl (C=O) groups excluding carboxylic acids is 2. The molecule has 44 heavy (non-hydrogen) atoms. The summed E-state index contributed by atoms with van der Waals surface area (Å²) in [5.41, 5.74) is 0.647. The molecule has 0 saturated carbocycles. The van der Waals surface area contributed by atoms with Crippen molar-refractivity contribution in [2.45, 2.75) is 51.0 Å². The highest BCUT2D eigenvalue weighted by atomic mass is 16.6. The van der Waals surface area contributed by atoms with Crippen molar-refractivity contribution in [1.29, 1.82) is 0 Å². The van der Waals surface area contributed by atoms with Crippen molar-refractivity contribution in [1.82, 2.24) is 4.90 Å². The standard InChI is InChI=1S/C33H45NO10/c1-37-26-19-24(20-27(38-2)30(26)40-4)33(36)44-25-9-7-16-42-29-21-23(18-28(39-3)31(29)41-5)32(35)43-17-6-8-22-10-13-34(14-11-22)15-12-25/h18-22,25H,6-17H2,1-5H3. The van der Waals surface area contributed by atoms with Gasteiger partial charge in [0.25, 0.3) is 0 Å². The molecule has 3 aliphatic rings. The summed E-state index contributed by atoms with van der Waals surface area (Å²) in [5.74, 6) is 2.03. The monoisotopic (exact) mass is 615 g/mol. The Morgan fingerprint density at radius 1 is 0.705 bits per heavy atom. The van der Waals surface area contributed by atoms with E-state index in [0.29, 0.717) is 84.0 Å². The largest absolute Gasteiger partial charge is 0.493 e. The number of hydrogen-bond acceptors (Lipinski definition) is 11. The fraction of sp³-hybridized carbons (Fsp3) is 0.576. The van der Waals surface area contributed by atoms with E-state index < -0.39 is 11.9 Å². The maximum Gasteiger partial charge on any atom is 0.338 e. The number of fused-ring (bicyclic) bond motifs is 12. The summed E-state index contributed by atoms with van der Waals surface area (Å²) in [6.07, 6.45) is 5.53. The van der Waals surface area contributed by atoms with Crippen molar-refractivity contribution >= 4 is 11.9 Å². The second kappa shape index (κ2) is 16.3. The molecule has 5 rings (SSSR count). The van der Waals surface area contributed by atoms with Crippen LogP contribution in [-0.2, 0) is 9.47 Å². The van der Waals surface area contributed by atoms with Gasteiger partial charge >= 0.3 is 11.9 Å². The summed E-state index contributed by atoms with van der Waals surface area (Å²) in [7, 11) is 7.56. The number of rotatable bonds is 7. The summed E-state index contributed by atoms with van der Waals surface area (Å²) >= 11 is 0. The maximum atomic E-state index is 13.4. The van der Waals surface area contributed by atoms with Gasteiger partial charge in [0.15, 0.2) is 23.0 Å². The molecule has 0 radical (unpaired) electrons. The summed E-state index contributed by atoms with van der Waals surface area (Å²) in [6.45, 7) is 3.48. The van der Waals surface area contributed by atoms with Gasteiger partial charge in [-0.05, 0) is 88.2 Å². The van der Waals surface area contributed by atoms with E-state index in [0.717, 1.165) is 45.3 Å². The van der Waals surface area contributed by atoms with Crippen molar-refractivity contribution < 1.29 is 47.5 Å². The molecule has 0 N–H and O–H groups in total. The van der Waals surface area contributed by atoms with Crippen LogP contribution in [0.1, 0.15) is 65.7 Å². The van der Waals surface area contributed by atoms with Crippen LogP contribution in [0.5, 0.6) is 34.5 Å². The molecular formula is C33H45NO10. The van der Waals surface area contributed by atoms with Gasteiger partial charge in [-0.3, -0.25) is 0 Å². The number of esters is 2. The van der Waals surface area contributed by atoms with Crippen LogP contribution < -0.4 is 28.4 Å². The SMILES string of the molecule is COc1cc(C(=O)OC2CCCOc3cc(cc(OC)c3OC)C(=O)OCCCC3CCN(CC3)CC2)cc(OC)c1OC. The zero-order valence-electron chi connectivity index (χ0n) is 26.5.